The Morgan fingerprint density at radius 3 is 2.58 bits per heavy atom. The molecule has 2 N–H and O–H groups in total. The molecule has 0 saturated heterocycles. The summed E-state index contributed by atoms with van der Waals surface area (Å²) in [4.78, 5) is 12.3. The number of aliphatic hydroxyl groups is 1. The Morgan fingerprint density at radius 1 is 1.15 bits per heavy atom. The topological polar surface area (TPSA) is 62.5 Å². The molecule has 1 aromatic carbocycles. The molecule has 2 aromatic heterocycles. The summed E-state index contributed by atoms with van der Waals surface area (Å²) in [5.41, 5.74) is -2.17. The molecule has 0 saturated carbocycles. The zero-order valence-corrected chi connectivity index (χ0v) is 14.1. The molecule has 1 amide bonds. The highest BCUT2D eigenvalue weighted by Crippen LogP contribution is 2.32. The van der Waals surface area contributed by atoms with Crippen LogP contribution in [-0.4, -0.2) is 17.6 Å². The zero-order chi connectivity index (χ0) is 18.8. The molecule has 3 rings (SSSR count). The highest BCUT2D eigenvalue weighted by molar-refractivity contribution is 7.08. The van der Waals surface area contributed by atoms with Gasteiger partial charge in [0, 0.05) is 11.1 Å². The first-order chi connectivity index (χ1) is 12.3. The van der Waals surface area contributed by atoms with E-state index in [1.54, 1.807) is 29.0 Å². The van der Waals surface area contributed by atoms with E-state index >= 15 is 0 Å². The van der Waals surface area contributed by atoms with Crippen molar-refractivity contribution in [3.05, 3.63) is 81.9 Å². The standard InChI is InChI=1S/C18H14F3NO3S/c19-18(20,21)13-4-1-3-12(9-13)16(23)22-11-17(24,14-6-8-26-10-14)15-5-2-7-25-15/h1-10,24H,11H2,(H,22,23)/t17-/m0/s1. The second-order valence-corrected chi connectivity index (χ2v) is 6.39. The fourth-order valence-corrected chi connectivity index (χ4v) is 3.22. The van der Waals surface area contributed by atoms with E-state index in [-0.39, 0.29) is 17.9 Å². The summed E-state index contributed by atoms with van der Waals surface area (Å²) in [5, 5.41) is 17.0. The minimum Gasteiger partial charge on any atom is -0.466 e. The normalized spacial score (nSPS) is 14.0. The van der Waals surface area contributed by atoms with Crippen molar-refractivity contribution in [1.82, 2.24) is 5.32 Å². The van der Waals surface area contributed by atoms with Crippen LogP contribution in [0.25, 0.3) is 0 Å². The van der Waals surface area contributed by atoms with E-state index < -0.39 is 23.2 Å². The fourth-order valence-electron chi connectivity index (χ4n) is 2.49. The van der Waals surface area contributed by atoms with Gasteiger partial charge in [-0.25, -0.2) is 0 Å². The smallest absolute Gasteiger partial charge is 0.416 e. The summed E-state index contributed by atoms with van der Waals surface area (Å²) in [6, 6.07) is 8.95. The first-order valence-corrected chi connectivity index (χ1v) is 8.49. The molecule has 8 heteroatoms. The molecule has 3 aromatic rings. The predicted molar refractivity (Wildman–Crippen MR) is 89.8 cm³/mol. The molecule has 1 atom stereocenters. The van der Waals surface area contributed by atoms with Gasteiger partial charge in [0.25, 0.3) is 5.91 Å². The van der Waals surface area contributed by atoms with Crippen LogP contribution in [0.5, 0.6) is 0 Å². The highest BCUT2D eigenvalue weighted by Gasteiger charge is 2.36. The van der Waals surface area contributed by atoms with Gasteiger partial charge in [-0.15, -0.1) is 0 Å². The number of furan rings is 1. The lowest BCUT2D eigenvalue weighted by molar-refractivity contribution is -0.137. The monoisotopic (exact) mass is 381 g/mol. The first kappa shape index (κ1) is 18.2. The molecule has 0 bridgehead atoms. The van der Waals surface area contributed by atoms with Gasteiger partial charge in [-0.1, -0.05) is 6.07 Å². The van der Waals surface area contributed by atoms with Gasteiger partial charge in [-0.2, -0.15) is 24.5 Å². The lowest BCUT2D eigenvalue weighted by atomic mass is 9.93. The quantitative estimate of drug-likeness (QED) is 0.702. The largest absolute Gasteiger partial charge is 0.466 e. The molecular weight excluding hydrogens is 367 g/mol. The Balaban J connectivity index is 1.81. The van der Waals surface area contributed by atoms with Gasteiger partial charge in [-0.3, -0.25) is 4.79 Å². The third-order valence-electron chi connectivity index (χ3n) is 3.88. The van der Waals surface area contributed by atoms with E-state index in [9.17, 15) is 23.1 Å². The summed E-state index contributed by atoms with van der Waals surface area (Å²) in [6.07, 6.45) is -3.15. The van der Waals surface area contributed by atoms with E-state index in [1.807, 2.05) is 0 Å². The average molecular weight is 381 g/mol. The zero-order valence-electron chi connectivity index (χ0n) is 13.3. The average Bonchev–Trinajstić information content (AvgIpc) is 3.32. The minimum absolute atomic E-state index is 0.146. The van der Waals surface area contributed by atoms with Gasteiger partial charge >= 0.3 is 6.18 Å². The molecule has 0 radical (unpaired) electrons. The van der Waals surface area contributed by atoms with Crippen LogP contribution in [0.2, 0.25) is 0 Å². The van der Waals surface area contributed by atoms with Gasteiger partial charge in [0.15, 0.2) is 5.60 Å². The van der Waals surface area contributed by atoms with Crippen molar-refractivity contribution in [2.45, 2.75) is 11.8 Å². The van der Waals surface area contributed by atoms with Crippen molar-refractivity contribution in [1.29, 1.82) is 0 Å². The third-order valence-corrected chi connectivity index (χ3v) is 4.57. The molecule has 4 nitrogen and oxygen atoms in total. The summed E-state index contributed by atoms with van der Waals surface area (Å²) in [5.74, 6) is -0.503. The Hall–Kier alpha value is -2.58. The van der Waals surface area contributed by atoms with Gasteiger partial charge < -0.3 is 14.8 Å². The highest BCUT2D eigenvalue weighted by atomic mass is 32.1. The maximum atomic E-state index is 12.8. The third kappa shape index (κ3) is 3.66. The van der Waals surface area contributed by atoms with Crippen LogP contribution in [0.4, 0.5) is 13.2 Å². The maximum absolute atomic E-state index is 12.8. The molecule has 0 aliphatic carbocycles. The number of benzene rings is 1. The summed E-state index contributed by atoms with van der Waals surface area (Å²) in [6.45, 7) is -0.258. The molecular formula is C18H14F3NO3S. The van der Waals surface area contributed by atoms with Crippen LogP contribution in [0.1, 0.15) is 27.2 Å². The number of rotatable bonds is 5. The van der Waals surface area contributed by atoms with E-state index in [2.05, 4.69) is 5.32 Å². The number of hydrogen-bond acceptors (Lipinski definition) is 4. The van der Waals surface area contributed by atoms with Crippen LogP contribution in [-0.2, 0) is 11.8 Å². The molecule has 0 aliphatic rings. The van der Waals surface area contributed by atoms with Crippen molar-refractivity contribution in [2.24, 2.45) is 0 Å². The Morgan fingerprint density at radius 2 is 1.96 bits per heavy atom. The maximum Gasteiger partial charge on any atom is 0.416 e. The SMILES string of the molecule is O=C(NC[C@](O)(c1ccsc1)c1ccco1)c1cccc(C(F)(F)F)c1. The molecule has 136 valence electrons. The van der Waals surface area contributed by atoms with Gasteiger partial charge in [0.2, 0.25) is 0 Å². The second kappa shape index (κ2) is 6.97. The predicted octanol–water partition coefficient (Wildman–Crippen LogP) is 4.03. The molecule has 0 fully saturated rings. The number of carbonyl (C=O) groups is 1. The van der Waals surface area contributed by atoms with E-state index in [0.29, 0.717) is 5.56 Å². The lowest BCUT2D eigenvalue weighted by Gasteiger charge is -2.25. The van der Waals surface area contributed by atoms with Crippen molar-refractivity contribution >= 4 is 17.2 Å². The van der Waals surface area contributed by atoms with Crippen molar-refractivity contribution in [3.8, 4) is 0 Å². The van der Waals surface area contributed by atoms with Crippen LogP contribution in [0.15, 0.2) is 63.9 Å². The van der Waals surface area contributed by atoms with Crippen LogP contribution >= 0.6 is 11.3 Å². The minimum atomic E-state index is -4.54. The second-order valence-electron chi connectivity index (χ2n) is 5.61. The van der Waals surface area contributed by atoms with E-state index in [1.165, 1.54) is 23.7 Å². The molecule has 26 heavy (non-hydrogen) atoms. The summed E-state index contributed by atoms with van der Waals surface area (Å²) < 4.78 is 43.7. The van der Waals surface area contributed by atoms with Crippen molar-refractivity contribution < 1.29 is 27.5 Å². The number of alkyl halides is 3. The van der Waals surface area contributed by atoms with Crippen molar-refractivity contribution in [3.63, 3.8) is 0 Å². The Bertz CT molecular complexity index is 839. The summed E-state index contributed by atoms with van der Waals surface area (Å²) in [7, 11) is 0. The van der Waals surface area contributed by atoms with Gasteiger partial charge in [-0.05, 0) is 47.2 Å². The number of nitrogens with one attached hydrogen (secondary N) is 1. The van der Waals surface area contributed by atoms with E-state index in [4.69, 9.17) is 4.42 Å². The van der Waals surface area contributed by atoms with Crippen LogP contribution < -0.4 is 5.32 Å². The molecule has 2 heterocycles. The van der Waals surface area contributed by atoms with Crippen LogP contribution in [0.3, 0.4) is 0 Å². The number of halogens is 3. The number of carbonyl (C=O) groups excluding carboxylic acids is 1. The molecule has 0 unspecified atom stereocenters. The van der Waals surface area contributed by atoms with Gasteiger partial charge in [0.1, 0.15) is 5.76 Å². The summed E-state index contributed by atoms with van der Waals surface area (Å²) >= 11 is 1.36. The number of hydrogen-bond donors (Lipinski definition) is 2. The Kier molecular flexibility index (Phi) is 4.88. The number of amides is 1. The molecule has 0 spiro atoms. The molecule has 0 aliphatic heterocycles. The Labute approximate surface area is 150 Å². The number of thiophene rings is 1. The van der Waals surface area contributed by atoms with Gasteiger partial charge in [0.05, 0.1) is 18.4 Å². The van der Waals surface area contributed by atoms with E-state index in [0.717, 1.165) is 18.2 Å². The van der Waals surface area contributed by atoms with Crippen LogP contribution in [0, 0.1) is 0 Å². The lowest BCUT2D eigenvalue weighted by Crippen LogP contribution is -2.41. The fraction of sp³-hybridized carbons (Fsp3) is 0.167. The first-order valence-electron chi connectivity index (χ1n) is 7.55. The van der Waals surface area contributed by atoms with Crippen molar-refractivity contribution in [2.75, 3.05) is 6.54 Å².